The van der Waals surface area contributed by atoms with Crippen molar-refractivity contribution >= 4 is 46.9 Å². The number of halogens is 3. The predicted molar refractivity (Wildman–Crippen MR) is 114 cm³/mol. The molecule has 0 aliphatic heterocycles. The number of nitrogens with one attached hydrogen (secondary N) is 1. The number of hydrogen-bond donors (Lipinski definition) is 1. The maximum atomic E-state index is 12.0. The normalized spacial score (nSPS) is 10.8. The lowest BCUT2D eigenvalue weighted by Crippen LogP contribution is -2.17. The number of carbonyl (C=O) groups is 1. The molecule has 0 fully saturated rings. The summed E-state index contributed by atoms with van der Waals surface area (Å²) in [5.41, 5.74) is 4.41. The largest absolute Gasteiger partial charge is 0.486 e. The van der Waals surface area contributed by atoms with Gasteiger partial charge in [-0.15, -0.1) is 0 Å². The fourth-order valence-electron chi connectivity index (χ4n) is 2.38. The van der Waals surface area contributed by atoms with E-state index in [4.69, 9.17) is 39.5 Å². The van der Waals surface area contributed by atoms with Crippen molar-refractivity contribution in [2.24, 2.45) is 5.10 Å². The molecule has 0 heterocycles. The molecule has 0 aliphatic rings. The molecule has 28 heavy (non-hydrogen) atoms. The minimum Gasteiger partial charge on any atom is -0.486 e. The van der Waals surface area contributed by atoms with E-state index in [9.17, 15) is 4.79 Å². The van der Waals surface area contributed by atoms with Crippen molar-refractivity contribution in [3.8, 4) is 5.75 Å². The molecular formula is C21H15Cl3N2O2. The smallest absolute Gasteiger partial charge is 0.271 e. The van der Waals surface area contributed by atoms with Gasteiger partial charge in [0.2, 0.25) is 0 Å². The molecule has 0 aliphatic carbocycles. The van der Waals surface area contributed by atoms with Crippen LogP contribution in [0.4, 0.5) is 0 Å². The molecule has 1 amide bonds. The quantitative estimate of drug-likeness (QED) is 0.383. The second kappa shape index (κ2) is 9.60. The lowest BCUT2D eigenvalue weighted by atomic mass is 10.2. The van der Waals surface area contributed by atoms with Gasteiger partial charge in [-0.25, -0.2) is 5.43 Å². The van der Waals surface area contributed by atoms with Crippen molar-refractivity contribution in [3.63, 3.8) is 0 Å². The molecule has 0 aromatic heterocycles. The van der Waals surface area contributed by atoms with Crippen LogP contribution in [0.5, 0.6) is 5.75 Å². The SMILES string of the molecule is O=C(N/N=C\c1cc(Cl)c(OCc2ccccc2Cl)c(Cl)c1)c1ccccc1. The third-order valence-corrected chi connectivity index (χ3v) is 4.70. The van der Waals surface area contributed by atoms with Crippen LogP contribution in [0.3, 0.4) is 0 Å². The minimum atomic E-state index is -0.311. The van der Waals surface area contributed by atoms with E-state index in [0.717, 1.165) is 5.56 Å². The summed E-state index contributed by atoms with van der Waals surface area (Å²) in [6.45, 7) is 0.236. The molecule has 0 bridgehead atoms. The highest BCUT2D eigenvalue weighted by Gasteiger charge is 2.11. The first-order valence-corrected chi connectivity index (χ1v) is 9.41. The Morgan fingerprint density at radius 2 is 1.57 bits per heavy atom. The van der Waals surface area contributed by atoms with Gasteiger partial charge in [-0.2, -0.15) is 5.10 Å². The van der Waals surface area contributed by atoms with Crippen LogP contribution >= 0.6 is 34.8 Å². The molecule has 1 N–H and O–H groups in total. The van der Waals surface area contributed by atoms with Gasteiger partial charge in [-0.3, -0.25) is 4.79 Å². The van der Waals surface area contributed by atoms with Gasteiger partial charge in [-0.1, -0.05) is 71.2 Å². The third kappa shape index (κ3) is 5.26. The topological polar surface area (TPSA) is 50.7 Å². The summed E-state index contributed by atoms with van der Waals surface area (Å²) in [5, 5.41) is 5.20. The van der Waals surface area contributed by atoms with Crippen LogP contribution in [0.15, 0.2) is 71.8 Å². The van der Waals surface area contributed by atoms with Gasteiger partial charge in [0.1, 0.15) is 6.61 Å². The van der Waals surface area contributed by atoms with Gasteiger partial charge in [0.25, 0.3) is 5.91 Å². The monoisotopic (exact) mass is 432 g/mol. The van der Waals surface area contributed by atoms with Crippen molar-refractivity contribution < 1.29 is 9.53 Å². The Labute approximate surface area is 177 Å². The summed E-state index contributed by atoms with van der Waals surface area (Å²) < 4.78 is 5.73. The van der Waals surface area contributed by atoms with Gasteiger partial charge < -0.3 is 4.74 Å². The fourth-order valence-corrected chi connectivity index (χ4v) is 3.18. The lowest BCUT2D eigenvalue weighted by Gasteiger charge is -2.11. The molecule has 7 heteroatoms. The number of ether oxygens (including phenoxy) is 1. The second-order valence-electron chi connectivity index (χ2n) is 5.76. The van der Waals surface area contributed by atoms with Crippen molar-refractivity contribution in [2.45, 2.75) is 6.61 Å². The average Bonchev–Trinajstić information content (AvgIpc) is 2.69. The first-order chi connectivity index (χ1) is 13.5. The molecule has 4 nitrogen and oxygen atoms in total. The minimum absolute atomic E-state index is 0.236. The Bertz CT molecular complexity index is 985. The van der Waals surface area contributed by atoms with Crippen LogP contribution < -0.4 is 10.2 Å². The zero-order chi connectivity index (χ0) is 19.9. The van der Waals surface area contributed by atoms with Crippen LogP contribution in [0.2, 0.25) is 15.1 Å². The summed E-state index contributed by atoms with van der Waals surface area (Å²) >= 11 is 18.7. The van der Waals surface area contributed by atoms with E-state index >= 15 is 0 Å². The number of hydrazone groups is 1. The molecule has 0 saturated carbocycles. The highest BCUT2D eigenvalue weighted by molar-refractivity contribution is 6.37. The van der Waals surface area contributed by atoms with Crippen LogP contribution in [0.1, 0.15) is 21.5 Å². The molecule has 3 rings (SSSR count). The Morgan fingerprint density at radius 1 is 0.929 bits per heavy atom. The van der Waals surface area contributed by atoms with E-state index < -0.39 is 0 Å². The Kier molecular flexibility index (Phi) is 6.93. The number of hydrogen-bond acceptors (Lipinski definition) is 3. The van der Waals surface area contributed by atoms with E-state index in [1.54, 1.807) is 42.5 Å². The molecule has 0 radical (unpaired) electrons. The van der Waals surface area contributed by atoms with Crippen LogP contribution in [0, 0.1) is 0 Å². The lowest BCUT2D eigenvalue weighted by molar-refractivity contribution is 0.0955. The average molecular weight is 434 g/mol. The molecule has 3 aromatic rings. The molecule has 0 unspecified atom stereocenters. The highest BCUT2D eigenvalue weighted by atomic mass is 35.5. The van der Waals surface area contributed by atoms with Crippen molar-refractivity contribution in [1.82, 2.24) is 5.43 Å². The van der Waals surface area contributed by atoms with E-state index in [1.807, 2.05) is 24.3 Å². The molecule has 3 aromatic carbocycles. The first kappa shape index (κ1) is 20.2. The molecule has 0 saturated heterocycles. The van der Waals surface area contributed by atoms with E-state index in [1.165, 1.54) is 6.21 Å². The van der Waals surface area contributed by atoms with Crippen LogP contribution in [0.25, 0.3) is 0 Å². The van der Waals surface area contributed by atoms with Crippen LogP contribution in [-0.2, 0) is 6.61 Å². The Balaban J connectivity index is 1.66. The number of nitrogens with zero attached hydrogens (tertiary/aromatic N) is 1. The van der Waals surface area contributed by atoms with E-state index in [-0.39, 0.29) is 12.5 Å². The molecule has 0 spiro atoms. The van der Waals surface area contributed by atoms with E-state index in [2.05, 4.69) is 10.5 Å². The second-order valence-corrected chi connectivity index (χ2v) is 6.98. The summed E-state index contributed by atoms with van der Waals surface area (Å²) in [6.07, 6.45) is 1.45. The number of benzene rings is 3. The van der Waals surface area contributed by atoms with Crippen molar-refractivity contribution in [2.75, 3.05) is 0 Å². The molecule has 0 atom stereocenters. The first-order valence-electron chi connectivity index (χ1n) is 8.28. The Hall–Kier alpha value is -2.53. The van der Waals surface area contributed by atoms with E-state index in [0.29, 0.717) is 31.9 Å². The maximum Gasteiger partial charge on any atom is 0.271 e. The van der Waals surface area contributed by atoms with Gasteiger partial charge in [0.05, 0.1) is 16.3 Å². The zero-order valence-electron chi connectivity index (χ0n) is 14.5. The number of carbonyl (C=O) groups excluding carboxylic acids is 1. The number of amides is 1. The molecular weight excluding hydrogens is 419 g/mol. The van der Waals surface area contributed by atoms with Gasteiger partial charge in [-0.05, 0) is 35.9 Å². The van der Waals surface area contributed by atoms with Crippen molar-refractivity contribution in [3.05, 3.63) is 98.5 Å². The zero-order valence-corrected chi connectivity index (χ0v) is 16.8. The maximum absolute atomic E-state index is 12.0. The number of rotatable bonds is 6. The third-order valence-electron chi connectivity index (χ3n) is 3.77. The molecule has 142 valence electrons. The Morgan fingerprint density at radius 3 is 2.25 bits per heavy atom. The fraction of sp³-hybridized carbons (Fsp3) is 0.0476. The standard InChI is InChI=1S/C21H15Cl3N2O2/c22-17-9-5-4-8-16(17)13-28-20-18(23)10-14(11-19(20)24)12-25-26-21(27)15-6-2-1-3-7-15/h1-12H,13H2,(H,26,27)/b25-12-. The van der Waals surface area contributed by atoms with Crippen LogP contribution in [-0.4, -0.2) is 12.1 Å². The summed E-state index contributed by atoms with van der Waals surface area (Å²) in [5.74, 6) is 0.0439. The summed E-state index contributed by atoms with van der Waals surface area (Å²) in [4.78, 5) is 12.0. The van der Waals surface area contributed by atoms with Gasteiger partial charge in [0.15, 0.2) is 5.75 Å². The highest BCUT2D eigenvalue weighted by Crippen LogP contribution is 2.34. The van der Waals surface area contributed by atoms with Crippen molar-refractivity contribution in [1.29, 1.82) is 0 Å². The van der Waals surface area contributed by atoms with Gasteiger partial charge in [0, 0.05) is 16.1 Å². The van der Waals surface area contributed by atoms with Gasteiger partial charge >= 0.3 is 0 Å². The predicted octanol–water partition coefficient (Wildman–Crippen LogP) is 5.99. The summed E-state index contributed by atoms with van der Waals surface area (Å²) in [6, 6.07) is 19.4. The summed E-state index contributed by atoms with van der Waals surface area (Å²) in [7, 11) is 0.